The highest BCUT2D eigenvalue weighted by Crippen LogP contribution is 2.44. The number of carbonyl (C=O) groups excluding carboxylic acids is 1. The number of carboxylic acids is 1. The summed E-state index contributed by atoms with van der Waals surface area (Å²) in [6.07, 6.45) is -5.10. The van der Waals surface area contributed by atoms with E-state index >= 15 is 0 Å². The second-order valence-corrected chi connectivity index (χ2v) is 7.49. The maximum atomic E-state index is 13.7. The molecule has 0 bridgehead atoms. The second-order valence-electron chi connectivity index (χ2n) is 5.21. The van der Waals surface area contributed by atoms with Crippen molar-refractivity contribution in [1.82, 2.24) is 0 Å². The summed E-state index contributed by atoms with van der Waals surface area (Å²) in [5.74, 6) is -1.87. The molecule has 25 heavy (non-hydrogen) atoms. The fraction of sp³-hybridized carbons (Fsp3) is 0.562. The van der Waals surface area contributed by atoms with Gasteiger partial charge in [-0.15, -0.1) is 0 Å². The van der Waals surface area contributed by atoms with Crippen LogP contribution in [0.5, 0.6) is 5.75 Å². The van der Waals surface area contributed by atoms with Crippen molar-refractivity contribution in [2.45, 2.75) is 56.2 Å². The number of benzene rings is 1. The predicted molar refractivity (Wildman–Crippen MR) is 90.3 cm³/mol. The molecule has 1 unspecified atom stereocenters. The number of alkyl halides is 5. The van der Waals surface area contributed by atoms with Crippen LogP contribution < -0.4 is 9.84 Å². The van der Waals surface area contributed by atoms with E-state index in [2.05, 4.69) is 4.74 Å². The molecule has 1 aromatic rings. The van der Waals surface area contributed by atoms with Gasteiger partial charge in [-0.3, -0.25) is 4.74 Å². The highest BCUT2D eigenvalue weighted by molar-refractivity contribution is 6.68. The van der Waals surface area contributed by atoms with Gasteiger partial charge in [-0.1, -0.05) is 67.7 Å². The summed E-state index contributed by atoms with van der Waals surface area (Å²) in [7, 11) is 0. The molecule has 0 fully saturated rings. The number of rotatable bonds is 8. The fourth-order valence-electron chi connectivity index (χ4n) is 2.14. The van der Waals surface area contributed by atoms with Gasteiger partial charge in [0.2, 0.25) is 6.29 Å². The SMILES string of the molecule is CCc1cc(CC)c(OC(OC(F)(F)C(Cl)(Cl)Cl)C(=O)[O-])c(CC)c1. The summed E-state index contributed by atoms with van der Waals surface area (Å²) in [5.41, 5.74) is 2.32. The first-order chi connectivity index (χ1) is 11.5. The number of aryl methyl sites for hydroxylation is 3. The van der Waals surface area contributed by atoms with Crippen LogP contribution in [0.2, 0.25) is 0 Å². The van der Waals surface area contributed by atoms with E-state index in [4.69, 9.17) is 39.5 Å². The van der Waals surface area contributed by atoms with Crippen molar-refractivity contribution in [2.24, 2.45) is 0 Å². The lowest BCUT2D eigenvalue weighted by atomic mass is 9.99. The summed E-state index contributed by atoms with van der Waals surface area (Å²) < 4.78 is 33.6. The van der Waals surface area contributed by atoms with Gasteiger partial charge in [0.1, 0.15) is 11.7 Å². The van der Waals surface area contributed by atoms with E-state index in [1.165, 1.54) is 0 Å². The predicted octanol–water partition coefficient (Wildman–Crippen LogP) is 3.81. The average Bonchev–Trinajstić information content (AvgIpc) is 2.52. The first-order valence-corrected chi connectivity index (χ1v) is 8.74. The van der Waals surface area contributed by atoms with Crippen LogP contribution in [0.3, 0.4) is 0 Å². The lowest BCUT2D eigenvalue weighted by Crippen LogP contribution is -2.49. The largest absolute Gasteiger partial charge is 0.544 e. The van der Waals surface area contributed by atoms with Gasteiger partial charge in [-0.2, -0.15) is 8.78 Å². The monoisotopic (exact) mass is 417 g/mol. The molecule has 142 valence electrons. The molecule has 0 aliphatic heterocycles. The molecule has 0 spiro atoms. The van der Waals surface area contributed by atoms with Crippen molar-refractivity contribution in [3.8, 4) is 5.75 Å². The molecule has 0 heterocycles. The van der Waals surface area contributed by atoms with E-state index in [9.17, 15) is 18.7 Å². The van der Waals surface area contributed by atoms with Crippen molar-refractivity contribution in [3.63, 3.8) is 0 Å². The molecule has 4 nitrogen and oxygen atoms in total. The van der Waals surface area contributed by atoms with Gasteiger partial charge in [0, 0.05) is 0 Å². The Morgan fingerprint density at radius 1 is 1.12 bits per heavy atom. The van der Waals surface area contributed by atoms with Crippen LogP contribution in [0.25, 0.3) is 0 Å². The fourth-order valence-corrected chi connectivity index (χ4v) is 2.27. The zero-order chi connectivity index (χ0) is 19.4. The van der Waals surface area contributed by atoms with E-state index in [-0.39, 0.29) is 5.75 Å². The van der Waals surface area contributed by atoms with Crippen LogP contribution in [0.15, 0.2) is 12.1 Å². The molecule has 1 aromatic carbocycles. The normalized spacial score (nSPS) is 13.6. The summed E-state index contributed by atoms with van der Waals surface area (Å²) >= 11 is 15.4. The lowest BCUT2D eigenvalue weighted by molar-refractivity contribution is -0.356. The molecule has 9 heteroatoms. The average molecular weight is 419 g/mol. The molecule has 0 radical (unpaired) electrons. The molecule has 0 saturated heterocycles. The maximum absolute atomic E-state index is 13.7. The molecule has 0 aliphatic carbocycles. The number of carbonyl (C=O) groups is 1. The summed E-state index contributed by atoms with van der Waals surface area (Å²) in [4.78, 5) is 11.2. The van der Waals surface area contributed by atoms with Crippen molar-refractivity contribution in [2.75, 3.05) is 0 Å². The molecule has 0 saturated carbocycles. The van der Waals surface area contributed by atoms with E-state index in [0.29, 0.717) is 24.0 Å². The number of ether oxygens (including phenoxy) is 2. The summed E-state index contributed by atoms with van der Waals surface area (Å²) in [6, 6.07) is 3.63. The third-order valence-corrected chi connectivity index (χ3v) is 4.14. The van der Waals surface area contributed by atoms with Crippen molar-refractivity contribution in [3.05, 3.63) is 28.8 Å². The van der Waals surface area contributed by atoms with Gasteiger partial charge in [0.05, 0.1) is 0 Å². The van der Waals surface area contributed by atoms with E-state index in [1.54, 1.807) is 0 Å². The first kappa shape index (κ1) is 22.2. The molecule has 0 N–H and O–H groups in total. The highest BCUT2D eigenvalue weighted by Gasteiger charge is 2.54. The van der Waals surface area contributed by atoms with E-state index in [0.717, 1.165) is 12.0 Å². The van der Waals surface area contributed by atoms with E-state index in [1.807, 2.05) is 32.9 Å². The molecular weight excluding hydrogens is 401 g/mol. The van der Waals surface area contributed by atoms with Crippen molar-refractivity contribution >= 4 is 40.8 Å². The first-order valence-electron chi connectivity index (χ1n) is 7.61. The third kappa shape index (κ3) is 5.58. The number of hydrogen-bond donors (Lipinski definition) is 0. The zero-order valence-corrected chi connectivity index (χ0v) is 16.1. The Balaban J connectivity index is 3.25. The van der Waals surface area contributed by atoms with Crippen molar-refractivity contribution in [1.29, 1.82) is 0 Å². The topological polar surface area (TPSA) is 58.6 Å². The van der Waals surface area contributed by atoms with E-state index < -0.39 is 22.2 Å². The van der Waals surface area contributed by atoms with Crippen LogP contribution in [-0.4, -0.2) is 22.2 Å². The minimum Gasteiger partial charge on any atom is -0.544 e. The molecule has 0 aliphatic rings. The van der Waals surface area contributed by atoms with Gasteiger partial charge in [0.15, 0.2) is 0 Å². The molecule has 0 amide bonds. The van der Waals surface area contributed by atoms with Crippen LogP contribution in [0.4, 0.5) is 8.78 Å². The Labute approximate surface area is 160 Å². The van der Waals surface area contributed by atoms with Gasteiger partial charge < -0.3 is 14.6 Å². The minimum absolute atomic E-state index is 0.150. The van der Waals surface area contributed by atoms with Gasteiger partial charge in [-0.05, 0) is 36.0 Å². The van der Waals surface area contributed by atoms with Crippen LogP contribution >= 0.6 is 34.8 Å². The van der Waals surface area contributed by atoms with Gasteiger partial charge in [-0.25, -0.2) is 0 Å². The Morgan fingerprint density at radius 2 is 1.60 bits per heavy atom. The zero-order valence-electron chi connectivity index (χ0n) is 13.9. The van der Waals surface area contributed by atoms with Crippen molar-refractivity contribution < 1.29 is 28.2 Å². The number of hydrogen-bond acceptors (Lipinski definition) is 4. The molecule has 0 aromatic heterocycles. The lowest BCUT2D eigenvalue weighted by Gasteiger charge is -2.30. The molecular formula is C16H18Cl3F2O4-. The van der Waals surface area contributed by atoms with Gasteiger partial charge >= 0.3 is 6.11 Å². The standard InChI is InChI=1S/C16H19Cl3F2O4/c1-4-9-7-10(5-2)12(11(6-3)8-9)24-14(13(22)23)25-16(20,21)15(17,18)19/h7-8,14H,4-6H2,1-3H3,(H,22,23)/p-1. The summed E-state index contributed by atoms with van der Waals surface area (Å²) in [6.45, 7) is 5.61. The Bertz CT molecular complexity index is 593. The Morgan fingerprint density at radius 3 is 1.92 bits per heavy atom. The smallest absolute Gasteiger partial charge is 0.406 e. The minimum atomic E-state index is -4.40. The highest BCUT2D eigenvalue weighted by atomic mass is 35.6. The number of halogens is 5. The maximum Gasteiger partial charge on any atom is 0.406 e. The number of aliphatic carboxylic acids is 1. The van der Waals surface area contributed by atoms with Crippen LogP contribution in [0.1, 0.15) is 37.5 Å². The summed E-state index contributed by atoms with van der Waals surface area (Å²) in [5, 5.41) is 11.2. The van der Waals surface area contributed by atoms with Crippen LogP contribution in [0, 0.1) is 0 Å². The number of carboxylic acid groups (broad SMARTS) is 1. The van der Waals surface area contributed by atoms with Crippen LogP contribution in [-0.2, 0) is 28.8 Å². The second kappa shape index (κ2) is 8.71. The Hall–Kier alpha value is -0.820. The molecule has 1 atom stereocenters. The molecule has 1 rings (SSSR count). The van der Waals surface area contributed by atoms with Gasteiger partial charge in [0.25, 0.3) is 3.79 Å². The Kier molecular flexibility index (Phi) is 7.74. The quantitative estimate of drug-likeness (QED) is 0.476. The third-order valence-electron chi connectivity index (χ3n) is 3.48.